The van der Waals surface area contributed by atoms with E-state index < -0.39 is 0 Å². The molecule has 2 heterocycles. The number of unbranched alkanes of at least 4 members (excludes halogenated alkanes) is 2. The number of carbonyl (C=O) groups excluding carboxylic acids is 1. The molecule has 0 aliphatic carbocycles. The summed E-state index contributed by atoms with van der Waals surface area (Å²) >= 11 is 0. The van der Waals surface area contributed by atoms with E-state index in [1.807, 2.05) is 25.1 Å². The second-order valence-corrected chi connectivity index (χ2v) is 9.75. The molecule has 0 saturated heterocycles. The third-order valence-corrected chi connectivity index (χ3v) is 6.72. The van der Waals surface area contributed by atoms with Crippen LogP contribution in [-0.2, 0) is 24.2 Å². The lowest BCUT2D eigenvalue weighted by atomic mass is 10.1. The first kappa shape index (κ1) is 30.0. The quantitative estimate of drug-likeness (QED) is 0.196. The fraction of sp³-hybridized carbons (Fsp3) is 0.382. The van der Waals surface area contributed by atoms with E-state index in [9.17, 15) is 4.79 Å². The molecule has 0 unspecified atom stereocenters. The molecule has 0 atom stereocenters. The molecule has 0 spiro atoms. The molecule has 5 heteroatoms. The molecule has 208 valence electrons. The van der Waals surface area contributed by atoms with Gasteiger partial charge in [-0.25, -0.2) is 4.79 Å². The van der Waals surface area contributed by atoms with E-state index in [0.717, 1.165) is 41.1 Å². The molecule has 0 radical (unpaired) electrons. The number of rotatable bonds is 11. The average Bonchev–Trinajstić information content (AvgIpc) is 3.54. The molecule has 2 aromatic heterocycles. The van der Waals surface area contributed by atoms with Crippen LogP contribution >= 0.6 is 0 Å². The molecule has 1 N–H and O–H groups in total. The van der Waals surface area contributed by atoms with E-state index in [2.05, 4.69) is 50.2 Å². The number of hydrogen-bond donors (Lipinski definition) is 1. The van der Waals surface area contributed by atoms with Crippen LogP contribution in [0.3, 0.4) is 0 Å². The number of hydrogen-bond acceptors (Lipinski definition) is 5. The summed E-state index contributed by atoms with van der Waals surface area (Å²) in [7, 11) is 0. The van der Waals surface area contributed by atoms with Crippen LogP contribution in [0.25, 0.3) is 22.6 Å². The van der Waals surface area contributed by atoms with Gasteiger partial charge in [0.15, 0.2) is 0 Å². The molecule has 4 rings (SSSR count). The van der Waals surface area contributed by atoms with Crippen molar-refractivity contribution in [2.75, 3.05) is 6.61 Å². The fourth-order valence-electron chi connectivity index (χ4n) is 4.29. The second kappa shape index (κ2) is 15.1. The van der Waals surface area contributed by atoms with E-state index >= 15 is 0 Å². The van der Waals surface area contributed by atoms with Gasteiger partial charge in [0.05, 0.1) is 13.2 Å². The lowest BCUT2D eigenvalue weighted by Gasteiger charge is -2.01. The van der Waals surface area contributed by atoms with Gasteiger partial charge in [-0.05, 0) is 69.7 Å². The first-order chi connectivity index (χ1) is 18.9. The van der Waals surface area contributed by atoms with Gasteiger partial charge < -0.3 is 18.7 Å². The van der Waals surface area contributed by atoms with Crippen LogP contribution in [0, 0.1) is 13.8 Å². The third kappa shape index (κ3) is 8.46. The highest BCUT2D eigenvalue weighted by atomic mass is 16.5. The lowest BCUT2D eigenvalue weighted by molar-refractivity contribution is 0.0524. The Labute approximate surface area is 232 Å². The van der Waals surface area contributed by atoms with Gasteiger partial charge in [-0.3, -0.25) is 0 Å². The Morgan fingerprint density at radius 3 is 1.67 bits per heavy atom. The zero-order chi connectivity index (χ0) is 28.2. The number of aryl methyl sites for hydroxylation is 4. The molecule has 0 amide bonds. The number of aliphatic hydroxyl groups excluding tert-OH is 1. The van der Waals surface area contributed by atoms with Crippen molar-refractivity contribution in [2.24, 2.45) is 0 Å². The zero-order valence-corrected chi connectivity index (χ0v) is 24.0. The third-order valence-electron chi connectivity index (χ3n) is 6.72. The highest BCUT2D eigenvalue weighted by Crippen LogP contribution is 2.27. The van der Waals surface area contributed by atoms with E-state index in [1.165, 1.54) is 36.8 Å². The van der Waals surface area contributed by atoms with Crippen LogP contribution in [0.5, 0.6) is 0 Å². The summed E-state index contributed by atoms with van der Waals surface area (Å²) in [6.07, 6.45) is 7.08. The van der Waals surface area contributed by atoms with Gasteiger partial charge in [-0.1, -0.05) is 75.2 Å². The highest BCUT2D eigenvalue weighted by molar-refractivity contribution is 5.91. The van der Waals surface area contributed by atoms with Gasteiger partial charge in [-0.2, -0.15) is 0 Å². The monoisotopic (exact) mass is 530 g/mol. The molecule has 0 fully saturated rings. The SMILES string of the molecule is CCCCc1ccc(-c2cc(C(=O)OCC)c(C)o2)cc1.CCCCc1ccc(-c2cc(CO)c(C)o2)cc1. The van der Waals surface area contributed by atoms with Crippen LogP contribution in [0.15, 0.2) is 69.5 Å². The summed E-state index contributed by atoms with van der Waals surface area (Å²) in [4.78, 5) is 11.8. The molecular weight excluding hydrogens is 488 g/mol. The molecule has 2 aromatic carbocycles. The number of furan rings is 2. The Hall–Kier alpha value is -3.57. The van der Waals surface area contributed by atoms with Crippen molar-refractivity contribution >= 4 is 5.97 Å². The predicted molar refractivity (Wildman–Crippen MR) is 157 cm³/mol. The van der Waals surface area contributed by atoms with Gasteiger partial charge in [0.1, 0.15) is 28.6 Å². The standard InChI is InChI=1S/C18H22O3.C16H20O2/c1-4-6-7-14-8-10-15(11-9-14)17-12-16(13(3)21-17)18(19)20-5-2;1-3-4-5-13-6-8-14(9-7-13)16-10-15(11-17)12(2)18-16/h8-12H,4-7H2,1-3H3;6-10,17H,3-5,11H2,1-2H3. The first-order valence-corrected chi connectivity index (χ1v) is 14.1. The fourth-order valence-corrected chi connectivity index (χ4v) is 4.29. The van der Waals surface area contributed by atoms with E-state index in [-0.39, 0.29) is 12.6 Å². The van der Waals surface area contributed by atoms with Crippen molar-refractivity contribution in [2.45, 2.75) is 79.8 Å². The molecule has 39 heavy (non-hydrogen) atoms. The number of ether oxygens (including phenoxy) is 1. The summed E-state index contributed by atoms with van der Waals surface area (Å²) in [5, 5.41) is 9.16. The molecule has 5 nitrogen and oxygen atoms in total. The minimum atomic E-state index is -0.329. The van der Waals surface area contributed by atoms with Crippen molar-refractivity contribution < 1.29 is 23.5 Å². The minimum Gasteiger partial charge on any atom is -0.462 e. The summed E-state index contributed by atoms with van der Waals surface area (Å²) in [5.74, 6) is 2.60. The highest BCUT2D eigenvalue weighted by Gasteiger charge is 2.16. The summed E-state index contributed by atoms with van der Waals surface area (Å²) in [6.45, 7) is 10.3. The van der Waals surface area contributed by atoms with Crippen LogP contribution in [0.2, 0.25) is 0 Å². The van der Waals surface area contributed by atoms with E-state index in [4.69, 9.17) is 18.7 Å². The summed E-state index contributed by atoms with van der Waals surface area (Å²) in [6, 6.07) is 20.5. The maximum absolute atomic E-state index is 11.8. The van der Waals surface area contributed by atoms with Crippen LogP contribution in [0.1, 0.15) is 85.0 Å². The van der Waals surface area contributed by atoms with Crippen molar-refractivity contribution in [3.63, 3.8) is 0 Å². The molecule has 4 aromatic rings. The number of aliphatic hydroxyl groups is 1. The number of esters is 1. The zero-order valence-electron chi connectivity index (χ0n) is 24.0. The topological polar surface area (TPSA) is 72.8 Å². The molecule has 0 aliphatic heterocycles. The largest absolute Gasteiger partial charge is 0.462 e. The van der Waals surface area contributed by atoms with Crippen molar-refractivity contribution in [3.05, 3.63) is 94.4 Å². The van der Waals surface area contributed by atoms with Gasteiger partial charge in [-0.15, -0.1) is 0 Å². The van der Waals surface area contributed by atoms with Crippen molar-refractivity contribution in [3.8, 4) is 22.6 Å². The molecule has 0 aliphatic rings. The smallest absolute Gasteiger partial charge is 0.341 e. The molecular formula is C34H42O5. The number of benzene rings is 2. The lowest BCUT2D eigenvalue weighted by Crippen LogP contribution is -2.04. The summed E-state index contributed by atoms with van der Waals surface area (Å²) < 4.78 is 16.4. The first-order valence-electron chi connectivity index (χ1n) is 14.1. The molecule has 0 saturated carbocycles. The average molecular weight is 531 g/mol. The minimum absolute atomic E-state index is 0.0317. The van der Waals surface area contributed by atoms with Crippen LogP contribution < -0.4 is 0 Å². The Balaban J connectivity index is 0.000000218. The maximum atomic E-state index is 11.8. The van der Waals surface area contributed by atoms with Crippen LogP contribution in [-0.4, -0.2) is 17.7 Å². The van der Waals surface area contributed by atoms with Gasteiger partial charge in [0.2, 0.25) is 0 Å². The Morgan fingerprint density at radius 1 is 0.744 bits per heavy atom. The van der Waals surface area contributed by atoms with E-state index in [0.29, 0.717) is 23.7 Å². The molecule has 0 bridgehead atoms. The maximum Gasteiger partial charge on any atom is 0.341 e. The Kier molecular flexibility index (Phi) is 11.6. The van der Waals surface area contributed by atoms with Crippen molar-refractivity contribution in [1.29, 1.82) is 0 Å². The van der Waals surface area contributed by atoms with E-state index in [1.54, 1.807) is 19.9 Å². The Bertz CT molecular complexity index is 1290. The summed E-state index contributed by atoms with van der Waals surface area (Å²) in [5.41, 5.74) is 6.11. The predicted octanol–water partition coefficient (Wildman–Crippen LogP) is 8.86. The van der Waals surface area contributed by atoms with Gasteiger partial charge >= 0.3 is 5.97 Å². The second-order valence-electron chi connectivity index (χ2n) is 9.75. The van der Waals surface area contributed by atoms with Crippen LogP contribution in [0.4, 0.5) is 0 Å². The van der Waals surface area contributed by atoms with Crippen molar-refractivity contribution in [1.82, 2.24) is 0 Å². The van der Waals surface area contributed by atoms with Gasteiger partial charge in [0.25, 0.3) is 0 Å². The van der Waals surface area contributed by atoms with Gasteiger partial charge in [0, 0.05) is 16.7 Å². The normalized spacial score (nSPS) is 10.7. The number of carbonyl (C=O) groups is 1. The Morgan fingerprint density at radius 2 is 1.23 bits per heavy atom.